The van der Waals surface area contributed by atoms with Crippen molar-refractivity contribution in [1.82, 2.24) is 15.2 Å². The van der Waals surface area contributed by atoms with Crippen LogP contribution in [0.3, 0.4) is 0 Å². The molecule has 8 nitrogen and oxygen atoms in total. The fourth-order valence-corrected chi connectivity index (χ4v) is 1.98. The van der Waals surface area contributed by atoms with Crippen molar-refractivity contribution < 1.29 is 31.0 Å². The molecular weight excluding hydrogens is 480 g/mol. The third-order valence-corrected chi connectivity index (χ3v) is 3.19. The molecule has 0 unspecified atom stereocenters. The van der Waals surface area contributed by atoms with Crippen LogP contribution in [0.2, 0.25) is 0 Å². The summed E-state index contributed by atoms with van der Waals surface area (Å²) >= 11 is 0. The van der Waals surface area contributed by atoms with Crippen molar-refractivity contribution in [3.63, 3.8) is 0 Å². The number of anilines is 1. The van der Waals surface area contributed by atoms with Gasteiger partial charge in [0.15, 0.2) is 11.9 Å². The molecule has 0 aliphatic heterocycles. The van der Waals surface area contributed by atoms with Crippen LogP contribution < -0.4 is 11.1 Å². The largest absolute Gasteiger partial charge is 2.00 e. The van der Waals surface area contributed by atoms with Crippen molar-refractivity contribution in [3.8, 4) is 0 Å². The fraction of sp³-hybridized carbons (Fsp3) is 0.733. The minimum atomic E-state index is -1.09. The maximum atomic E-state index is 9.19. The summed E-state index contributed by atoms with van der Waals surface area (Å²) in [5.41, 5.74) is 11.6. The molecule has 6 N–H and O–H groups in total. The molecule has 0 aliphatic rings. The number of carboxylic acid groups (broad SMARTS) is 1. The van der Waals surface area contributed by atoms with Crippen LogP contribution in [0.15, 0.2) is 0 Å². The zero-order chi connectivity index (χ0) is 17.3. The SMILES string of the molecule is CCCCCCCCCCCNc1n[nH]c([NH-])n1.N[CH-]C(=O)O.[W+2]. The summed E-state index contributed by atoms with van der Waals surface area (Å²) in [7, 11) is 0. The maximum absolute atomic E-state index is 9.19. The van der Waals surface area contributed by atoms with Crippen molar-refractivity contribution in [3.05, 3.63) is 12.3 Å². The summed E-state index contributed by atoms with van der Waals surface area (Å²) in [6, 6.07) is 0. The second-order valence-electron chi connectivity index (χ2n) is 5.27. The Labute approximate surface area is 158 Å². The van der Waals surface area contributed by atoms with E-state index in [1.165, 1.54) is 51.4 Å². The van der Waals surface area contributed by atoms with E-state index in [0.717, 1.165) is 13.0 Å². The van der Waals surface area contributed by atoms with Gasteiger partial charge in [-0.3, -0.25) is 4.79 Å². The number of nitrogens with zero attached hydrogens (tertiary/aromatic N) is 2. The van der Waals surface area contributed by atoms with Crippen LogP contribution in [0.25, 0.3) is 5.73 Å². The van der Waals surface area contributed by atoms with Gasteiger partial charge in [-0.05, 0) is 6.42 Å². The van der Waals surface area contributed by atoms with Crippen LogP contribution >= 0.6 is 0 Å². The number of aliphatic carboxylic acids is 1. The monoisotopic (exact) mass is 510 g/mol. The Morgan fingerprint density at radius 1 is 1.21 bits per heavy atom. The van der Waals surface area contributed by atoms with Crippen molar-refractivity contribution in [1.29, 1.82) is 0 Å². The number of H-pyrrole nitrogens is 1. The third-order valence-electron chi connectivity index (χ3n) is 3.19. The Morgan fingerprint density at radius 3 is 2.12 bits per heavy atom. The van der Waals surface area contributed by atoms with Crippen LogP contribution in [0, 0.1) is 6.54 Å². The quantitative estimate of drug-likeness (QED) is 0.250. The van der Waals surface area contributed by atoms with Gasteiger partial charge >= 0.3 is 21.1 Å². The Kier molecular flexibility index (Phi) is 18.8. The average molecular weight is 510 g/mol. The number of aromatic nitrogens is 3. The number of rotatable bonds is 12. The standard InChI is InChI=1S/C13H26N5.C2H4NO2.W/c1-2-3-4-5-6-7-8-9-10-11-15-13-16-12(14)17-18-13;3-1-2(4)5;/h2-11H2,1H3,(H3-,14,15,16,17,18);1H,3H2,(H,4,5);/q2*-1;+2. The minimum Gasteiger partial charge on any atom is -0.502 e. The molecule has 1 rings (SSSR count). The molecule has 9 heteroatoms. The number of nitrogens with one attached hydrogen (secondary N) is 3. The molecule has 0 saturated carbocycles. The molecule has 0 aliphatic carbocycles. The molecule has 138 valence electrons. The molecule has 0 fully saturated rings. The number of unbranched alkanes of at least 4 members (excludes halogenated alkanes) is 8. The van der Waals surface area contributed by atoms with Crippen LogP contribution in [-0.2, 0) is 25.9 Å². The van der Waals surface area contributed by atoms with Gasteiger partial charge in [0, 0.05) is 12.5 Å². The van der Waals surface area contributed by atoms with E-state index >= 15 is 0 Å². The van der Waals surface area contributed by atoms with Gasteiger partial charge in [-0.25, -0.2) is 11.6 Å². The zero-order valence-corrected chi connectivity index (χ0v) is 17.3. The molecule has 0 saturated heterocycles. The summed E-state index contributed by atoms with van der Waals surface area (Å²) in [6.07, 6.45) is 12.0. The first-order valence-corrected chi connectivity index (χ1v) is 8.25. The van der Waals surface area contributed by atoms with E-state index in [4.69, 9.17) is 10.8 Å². The number of hydrogen-bond acceptors (Lipinski definition) is 5. The summed E-state index contributed by atoms with van der Waals surface area (Å²) in [6.45, 7) is 3.73. The van der Waals surface area contributed by atoms with Crippen LogP contribution in [0.1, 0.15) is 64.7 Å². The van der Waals surface area contributed by atoms with Crippen molar-refractivity contribution in [2.24, 2.45) is 5.73 Å². The van der Waals surface area contributed by atoms with Gasteiger partial charge in [-0.15, -0.1) is 0 Å². The van der Waals surface area contributed by atoms with Crippen LogP contribution in [0.4, 0.5) is 11.9 Å². The zero-order valence-electron chi connectivity index (χ0n) is 14.4. The van der Waals surface area contributed by atoms with E-state index in [0.29, 0.717) is 12.5 Å². The number of aromatic amines is 1. The molecule has 1 aromatic heterocycles. The van der Waals surface area contributed by atoms with E-state index in [1.54, 1.807) is 0 Å². The normalized spacial score (nSPS) is 9.42. The second kappa shape index (κ2) is 18.1. The van der Waals surface area contributed by atoms with Crippen molar-refractivity contribution >= 4 is 17.9 Å². The summed E-state index contributed by atoms with van der Waals surface area (Å²) < 4.78 is 0. The first-order valence-electron chi connectivity index (χ1n) is 8.25. The second-order valence-corrected chi connectivity index (χ2v) is 5.27. The molecule has 0 atom stereocenters. The summed E-state index contributed by atoms with van der Waals surface area (Å²) in [5.74, 6) is -0.436. The van der Waals surface area contributed by atoms with Gasteiger partial charge in [-0.1, -0.05) is 58.3 Å². The minimum absolute atomic E-state index is 0. The van der Waals surface area contributed by atoms with Gasteiger partial charge in [0.25, 0.3) is 0 Å². The van der Waals surface area contributed by atoms with Crippen LogP contribution in [-0.4, -0.2) is 32.8 Å². The van der Waals surface area contributed by atoms with Crippen molar-refractivity contribution in [2.75, 3.05) is 11.9 Å². The number of nitrogens with two attached hydrogens (primary N) is 1. The maximum Gasteiger partial charge on any atom is 2.00 e. The van der Waals surface area contributed by atoms with Gasteiger partial charge in [-0.2, -0.15) is 0 Å². The predicted molar refractivity (Wildman–Crippen MR) is 92.2 cm³/mol. The fourth-order valence-electron chi connectivity index (χ4n) is 1.98. The Bertz CT molecular complexity index is 403. The Morgan fingerprint density at radius 2 is 1.71 bits per heavy atom. The molecule has 1 aromatic rings. The van der Waals surface area contributed by atoms with Gasteiger partial charge in [0.1, 0.15) is 0 Å². The van der Waals surface area contributed by atoms with Gasteiger partial charge in [0.2, 0.25) is 0 Å². The smallest absolute Gasteiger partial charge is 0.502 e. The molecule has 24 heavy (non-hydrogen) atoms. The molecule has 0 radical (unpaired) electrons. The van der Waals surface area contributed by atoms with E-state index < -0.39 is 5.97 Å². The Balaban J connectivity index is 0. The number of hydrogen-bond donors (Lipinski definition) is 4. The number of carboxylic acids is 1. The number of carbonyl (C=O) groups is 1. The first kappa shape index (κ1) is 25.0. The van der Waals surface area contributed by atoms with Crippen molar-refractivity contribution in [2.45, 2.75) is 64.7 Å². The topological polar surface area (TPSA) is 141 Å². The molecule has 0 amide bonds. The van der Waals surface area contributed by atoms with E-state index in [1.807, 2.05) is 0 Å². The molecular formula is C15H30N6O2W. The molecule has 0 aromatic carbocycles. The molecule has 0 spiro atoms. The Hall–Kier alpha value is -1.27. The van der Waals surface area contributed by atoms with E-state index in [2.05, 4.69) is 33.2 Å². The third kappa shape index (κ3) is 17.1. The first-order chi connectivity index (χ1) is 11.1. The average Bonchev–Trinajstić information content (AvgIpc) is 2.95. The summed E-state index contributed by atoms with van der Waals surface area (Å²) in [4.78, 5) is 13.1. The van der Waals surface area contributed by atoms with Crippen LogP contribution in [0.5, 0.6) is 0 Å². The predicted octanol–water partition coefficient (Wildman–Crippen LogP) is 3.62. The molecule has 0 bridgehead atoms. The van der Waals surface area contributed by atoms with Gasteiger partial charge in [0.05, 0.1) is 0 Å². The van der Waals surface area contributed by atoms with E-state index in [9.17, 15) is 4.79 Å². The van der Waals surface area contributed by atoms with Gasteiger partial charge < -0.3 is 32.0 Å². The summed E-state index contributed by atoms with van der Waals surface area (Å²) in [5, 5.41) is 17.0. The molecule has 1 heterocycles. The van der Waals surface area contributed by atoms with E-state index in [-0.39, 0.29) is 27.0 Å².